The molecule has 1 aromatic heterocycles. The molecule has 162 valence electrons. The van der Waals surface area contributed by atoms with E-state index in [-0.39, 0.29) is 18.0 Å². The molecule has 6 nitrogen and oxygen atoms in total. The van der Waals surface area contributed by atoms with Gasteiger partial charge in [0.2, 0.25) is 10.0 Å². The number of ether oxygens (including phenoxy) is 1. The number of alkyl halides is 3. The minimum absolute atomic E-state index is 0.00317. The van der Waals surface area contributed by atoms with E-state index in [9.17, 15) is 21.6 Å². The van der Waals surface area contributed by atoms with E-state index in [2.05, 4.69) is 9.97 Å². The third kappa shape index (κ3) is 4.26. The largest absolute Gasteiger partial charge is 0.497 e. The van der Waals surface area contributed by atoms with Crippen molar-refractivity contribution in [3.05, 3.63) is 71.5 Å². The highest BCUT2D eigenvalue weighted by Crippen LogP contribution is 2.32. The highest BCUT2D eigenvalue weighted by molar-refractivity contribution is 7.89. The minimum atomic E-state index is -4.62. The van der Waals surface area contributed by atoms with E-state index in [1.165, 1.54) is 6.07 Å². The molecular formula is C21H18F3N3O3S. The Hall–Kier alpha value is -2.98. The molecule has 0 radical (unpaired) electrons. The Labute approximate surface area is 177 Å². The Morgan fingerprint density at radius 2 is 1.84 bits per heavy atom. The molecule has 0 bridgehead atoms. The summed E-state index contributed by atoms with van der Waals surface area (Å²) in [6.07, 6.45) is -2.72. The van der Waals surface area contributed by atoms with Crippen molar-refractivity contribution in [2.24, 2.45) is 0 Å². The zero-order chi connectivity index (χ0) is 22.2. The lowest BCUT2D eigenvalue weighted by molar-refractivity contribution is -0.137. The summed E-state index contributed by atoms with van der Waals surface area (Å²) in [4.78, 5) is 8.50. The van der Waals surface area contributed by atoms with Crippen LogP contribution < -0.4 is 4.74 Å². The molecule has 0 aliphatic carbocycles. The molecule has 0 unspecified atom stereocenters. The lowest BCUT2D eigenvalue weighted by Crippen LogP contribution is -2.36. The van der Waals surface area contributed by atoms with Crippen molar-refractivity contribution in [3.63, 3.8) is 0 Å². The molecule has 0 amide bonds. The molecule has 0 fully saturated rings. The summed E-state index contributed by atoms with van der Waals surface area (Å²) < 4.78 is 71.1. The van der Waals surface area contributed by atoms with Crippen LogP contribution in [0, 0.1) is 0 Å². The Kier molecular flexibility index (Phi) is 5.44. The summed E-state index contributed by atoms with van der Waals surface area (Å²) in [5.41, 5.74) is 1.14. The van der Waals surface area contributed by atoms with Crippen molar-refractivity contribution in [2.75, 3.05) is 13.7 Å². The Morgan fingerprint density at radius 1 is 1.10 bits per heavy atom. The topological polar surface area (TPSA) is 72.4 Å². The molecule has 2 aromatic carbocycles. The predicted octanol–water partition coefficient (Wildman–Crippen LogP) is 3.92. The minimum Gasteiger partial charge on any atom is -0.497 e. The number of benzene rings is 2. The van der Waals surface area contributed by atoms with Crippen LogP contribution in [0.3, 0.4) is 0 Å². The quantitative estimate of drug-likeness (QED) is 0.604. The first kappa shape index (κ1) is 21.3. The number of rotatable bonds is 4. The van der Waals surface area contributed by atoms with E-state index < -0.39 is 21.8 Å². The second-order valence-electron chi connectivity index (χ2n) is 7.01. The van der Waals surface area contributed by atoms with Gasteiger partial charge >= 0.3 is 6.18 Å². The van der Waals surface area contributed by atoms with Crippen molar-refractivity contribution in [1.29, 1.82) is 0 Å². The van der Waals surface area contributed by atoms with Crippen LogP contribution >= 0.6 is 0 Å². The second-order valence-corrected chi connectivity index (χ2v) is 8.95. The van der Waals surface area contributed by atoms with Gasteiger partial charge in [0.05, 0.1) is 23.3 Å². The molecule has 0 spiro atoms. The van der Waals surface area contributed by atoms with Gasteiger partial charge in [0.15, 0.2) is 5.82 Å². The smallest absolute Gasteiger partial charge is 0.416 e. The van der Waals surface area contributed by atoms with Crippen LogP contribution in [-0.4, -0.2) is 36.3 Å². The average Bonchev–Trinajstić information content (AvgIpc) is 2.78. The summed E-state index contributed by atoms with van der Waals surface area (Å²) in [6, 6.07) is 11.0. The molecule has 0 saturated carbocycles. The summed E-state index contributed by atoms with van der Waals surface area (Å²) in [5, 5.41) is 0. The number of hydrogen-bond acceptors (Lipinski definition) is 5. The van der Waals surface area contributed by atoms with E-state index in [0.29, 0.717) is 29.6 Å². The fraction of sp³-hybridized carbons (Fsp3) is 0.238. The van der Waals surface area contributed by atoms with Gasteiger partial charge in [-0.15, -0.1) is 0 Å². The first-order chi connectivity index (χ1) is 14.7. The number of halogens is 3. The molecule has 10 heteroatoms. The second kappa shape index (κ2) is 7.93. The summed E-state index contributed by atoms with van der Waals surface area (Å²) in [6.45, 7) is 0.113. The van der Waals surface area contributed by atoms with Crippen LogP contribution in [0.25, 0.3) is 11.4 Å². The highest BCUT2D eigenvalue weighted by Gasteiger charge is 2.34. The zero-order valence-electron chi connectivity index (χ0n) is 16.4. The maximum absolute atomic E-state index is 13.0. The normalized spacial score (nSPS) is 14.8. The maximum Gasteiger partial charge on any atom is 0.416 e. The third-order valence-corrected chi connectivity index (χ3v) is 6.89. The van der Waals surface area contributed by atoms with Crippen molar-refractivity contribution >= 4 is 10.0 Å². The predicted molar refractivity (Wildman–Crippen MR) is 107 cm³/mol. The molecule has 4 rings (SSSR count). The molecule has 0 atom stereocenters. The van der Waals surface area contributed by atoms with Gasteiger partial charge in [-0.3, -0.25) is 0 Å². The third-order valence-electron chi connectivity index (χ3n) is 5.05. The van der Waals surface area contributed by atoms with Gasteiger partial charge < -0.3 is 4.74 Å². The first-order valence-electron chi connectivity index (χ1n) is 9.35. The number of sulfonamides is 1. The monoisotopic (exact) mass is 449 g/mol. The lowest BCUT2D eigenvalue weighted by Gasteiger charge is -2.27. The first-order valence-corrected chi connectivity index (χ1v) is 10.8. The van der Waals surface area contributed by atoms with Gasteiger partial charge in [0.25, 0.3) is 0 Å². The van der Waals surface area contributed by atoms with Crippen molar-refractivity contribution < 1.29 is 26.3 Å². The molecule has 1 aliphatic heterocycles. The van der Waals surface area contributed by atoms with E-state index in [0.717, 1.165) is 27.7 Å². The number of methoxy groups -OCH3 is 1. The number of aromatic nitrogens is 2. The van der Waals surface area contributed by atoms with Crippen LogP contribution in [0.1, 0.15) is 16.8 Å². The number of nitrogens with zero attached hydrogens (tertiary/aromatic N) is 3. The Bertz CT molecular complexity index is 1210. The summed E-state index contributed by atoms with van der Waals surface area (Å²) in [7, 11) is -2.52. The van der Waals surface area contributed by atoms with Crippen molar-refractivity contribution in [1.82, 2.24) is 14.3 Å². The van der Waals surface area contributed by atoms with Gasteiger partial charge in [-0.25, -0.2) is 18.4 Å². The van der Waals surface area contributed by atoms with E-state index in [4.69, 9.17) is 4.74 Å². The van der Waals surface area contributed by atoms with Crippen LogP contribution in [0.15, 0.2) is 59.6 Å². The van der Waals surface area contributed by atoms with Gasteiger partial charge in [0.1, 0.15) is 5.75 Å². The zero-order valence-corrected chi connectivity index (χ0v) is 17.2. The van der Waals surface area contributed by atoms with Crippen LogP contribution in [0.4, 0.5) is 13.2 Å². The fourth-order valence-corrected chi connectivity index (χ4v) is 4.82. The summed E-state index contributed by atoms with van der Waals surface area (Å²) >= 11 is 0. The van der Waals surface area contributed by atoms with Crippen LogP contribution in [0.5, 0.6) is 5.75 Å². The van der Waals surface area contributed by atoms with E-state index in [1.54, 1.807) is 25.4 Å². The van der Waals surface area contributed by atoms with Crippen LogP contribution in [0.2, 0.25) is 0 Å². The highest BCUT2D eigenvalue weighted by atomic mass is 32.2. The van der Waals surface area contributed by atoms with Crippen molar-refractivity contribution in [2.45, 2.75) is 24.0 Å². The van der Waals surface area contributed by atoms with E-state index >= 15 is 0 Å². The Balaban J connectivity index is 1.59. The molecule has 0 saturated heterocycles. The Morgan fingerprint density at radius 3 is 2.52 bits per heavy atom. The standard InChI is InChI=1S/C21H18F3N3O3S/c1-30-17-7-5-14(6-8-17)20-25-12-15-13-27(10-9-19(15)26-20)31(28,29)18-4-2-3-16(11-18)21(22,23)24/h2-8,11-12H,9-10,13H2,1H3. The fourth-order valence-electron chi connectivity index (χ4n) is 3.36. The van der Waals surface area contributed by atoms with Gasteiger partial charge in [-0.2, -0.15) is 17.5 Å². The summed E-state index contributed by atoms with van der Waals surface area (Å²) in [5.74, 6) is 1.22. The van der Waals surface area contributed by atoms with Gasteiger partial charge in [-0.1, -0.05) is 6.07 Å². The lowest BCUT2D eigenvalue weighted by atomic mass is 10.1. The maximum atomic E-state index is 13.0. The number of fused-ring (bicyclic) bond motifs is 1. The average molecular weight is 449 g/mol. The molecule has 3 aromatic rings. The SMILES string of the molecule is COc1ccc(-c2ncc3c(n2)CCN(S(=O)(=O)c2cccc(C(F)(F)F)c2)C3)cc1. The molecule has 2 heterocycles. The number of hydrogen-bond donors (Lipinski definition) is 0. The van der Waals surface area contributed by atoms with Gasteiger partial charge in [-0.05, 0) is 42.5 Å². The van der Waals surface area contributed by atoms with Crippen molar-refractivity contribution in [3.8, 4) is 17.1 Å². The van der Waals surface area contributed by atoms with Crippen LogP contribution in [-0.2, 0) is 29.2 Å². The molecule has 0 N–H and O–H groups in total. The molecule has 1 aliphatic rings. The van der Waals surface area contributed by atoms with E-state index in [1.807, 2.05) is 12.1 Å². The van der Waals surface area contributed by atoms with Gasteiger partial charge in [0, 0.05) is 36.8 Å². The molecular weight excluding hydrogens is 431 g/mol. The molecule has 31 heavy (non-hydrogen) atoms.